The van der Waals surface area contributed by atoms with Gasteiger partial charge in [0.1, 0.15) is 18.2 Å². The van der Waals surface area contributed by atoms with Crippen molar-refractivity contribution in [1.82, 2.24) is 14.8 Å². The molecule has 2 heterocycles. The van der Waals surface area contributed by atoms with E-state index in [1.54, 1.807) is 0 Å². The van der Waals surface area contributed by atoms with Gasteiger partial charge in [-0.2, -0.15) is 0 Å². The summed E-state index contributed by atoms with van der Waals surface area (Å²) in [5, 5.41) is 8.19. The number of ether oxygens (including phenoxy) is 1. The van der Waals surface area contributed by atoms with Crippen LogP contribution in [-0.2, 0) is 29.4 Å². The van der Waals surface area contributed by atoms with E-state index in [4.69, 9.17) is 4.74 Å². The zero-order valence-corrected chi connectivity index (χ0v) is 12.6. The lowest BCUT2D eigenvalue weighted by Gasteiger charge is -2.08. The molecule has 0 N–H and O–H groups in total. The minimum atomic E-state index is -2.97. The molecule has 0 fully saturated rings. The van der Waals surface area contributed by atoms with Gasteiger partial charge in [-0.1, -0.05) is 17.7 Å². The van der Waals surface area contributed by atoms with Gasteiger partial charge < -0.3 is 9.30 Å². The molecule has 0 atom stereocenters. The predicted octanol–water partition coefficient (Wildman–Crippen LogP) is 1.14. The number of aryl methyl sites for hydroxylation is 2. The highest BCUT2D eigenvalue weighted by Gasteiger charge is 2.22. The fourth-order valence-corrected chi connectivity index (χ4v) is 3.44. The Morgan fingerprint density at radius 3 is 2.71 bits per heavy atom. The van der Waals surface area contributed by atoms with Crippen LogP contribution in [0.5, 0.6) is 5.75 Å². The third-order valence-electron chi connectivity index (χ3n) is 3.56. The molecule has 0 amide bonds. The Labute approximate surface area is 123 Å². The number of benzene rings is 1. The van der Waals surface area contributed by atoms with E-state index in [0.717, 1.165) is 11.6 Å². The zero-order chi connectivity index (χ0) is 14.9. The maximum Gasteiger partial charge on any atom is 0.171 e. The molecule has 2 aromatic rings. The van der Waals surface area contributed by atoms with Crippen LogP contribution in [0.3, 0.4) is 0 Å². The number of sulfone groups is 1. The quantitative estimate of drug-likeness (QED) is 0.850. The second kappa shape index (κ2) is 5.48. The monoisotopic (exact) mass is 307 g/mol. The summed E-state index contributed by atoms with van der Waals surface area (Å²) in [5.41, 5.74) is 1.17. The van der Waals surface area contributed by atoms with Crippen molar-refractivity contribution in [2.75, 3.05) is 11.5 Å². The molecule has 1 aliphatic rings. The molecule has 0 spiro atoms. The lowest BCUT2D eigenvalue weighted by molar-refractivity contribution is 0.289. The Morgan fingerprint density at radius 2 is 1.95 bits per heavy atom. The first-order valence-corrected chi connectivity index (χ1v) is 8.66. The molecule has 0 bridgehead atoms. The van der Waals surface area contributed by atoms with Crippen molar-refractivity contribution in [2.24, 2.45) is 0 Å². The van der Waals surface area contributed by atoms with Gasteiger partial charge in [0.2, 0.25) is 0 Å². The second-order valence-electron chi connectivity index (χ2n) is 5.19. The number of hydrogen-bond donors (Lipinski definition) is 0. The minimum Gasteiger partial charge on any atom is -0.486 e. The topological polar surface area (TPSA) is 74.1 Å². The molecule has 112 valence electrons. The molecule has 1 aliphatic heterocycles. The van der Waals surface area contributed by atoms with Gasteiger partial charge in [-0.15, -0.1) is 10.2 Å². The molecule has 1 aromatic heterocycles. The molecule has 6 nitrogen and oxygen atoms in total. The standard InChI is InChI=1S/C14H17N3O3S/c1-11-2-4-12(5-3-11)20-10-14-16-15-13-6-8-21(18,19)9-7-17(13)14/h2-5H,6-10H2,1H3. The maximum absolute atomic E-state index is 11.7. The van der Waals surface area contributed by atoms with Crippen LogP contribution in [0.4, 0.5) is 0 Å². The highest BCUT2D eigenvalue weighted by Crippen LogP contribution is 2.15. The number of hydrogen-bond acceptors (Lipinski definition) is 5. The van der Waals surface area contributed by atoms with Crippen LogP contribution in [0.25, 0.3) is 0 Å². The van der Waals surface area contributed by atoms with Gasteiger partial charge in [0.25, 0.3) is 0 Å². The molecule has 1 aromatic carbocycles. The first-order chi connectivity index (χ1) is 10.0. The Hall–Kier alpha value is -1.89. The lowest BCUT2D eigenvalue weighted by atomic mass is 10.2. The Morgan fingerprint density at radius 1 is 1.19 bits per heavy atom. The van der Waals surface area contributed by atoms with Gasteiger partial charge in [0, 0.05) is 13.0 Å². The van der Waals surface area contributed by atoms with Crippen molar-refractivity contribution in [2.45, 2.75) is 26.5 Å². The fraction of sp³-hybridized carbons (Fsp3) is 0.429. The highest BCUT2D eigenvalue weighted by molar-refractivity contribution is 7.91. The Balaban J connectivity index is 1.73. The van der Waals surface area contributed by atoms with E-state index >= 15 is 0 Å². The number of nitrogens with zero attached hydrogens (tertiary/aromatic N) is 3. The van der Waals surface area contributed by atoms with Gasteiger partial charge in [0.15, 0.2) is 15.7 Å². The first-order valence-electron chi connectivity index (χ1n) is 6.84. The van der Waals surface area contributed by atoms with Crippen LogP contribution in [0.15, 0.2) is 24.3 Å². The predicted molar refractivity (Wildman–Crippen MR) is 77.9 cm³/mol. The summed E-state index contributed by atoms with van der Waals surface area (Å²) in [6, 6.07) is 7.76. The minimum absolute atomic E-state index is 0.134. The van der Waals surface area contributed by atoms with Gasteiger partial charge in [-0.3, -0.25) is 0 Å². The van der Waals surface area contributed by atoms with Crippen LogP contribution >= 0.6 is 0 Å². The highest BCUT2D eigenvalue weighted by atomic mass is 32.2. The van der Waals surface area contributed by atoms with E-state index in [0.29, 0.717) is 18.8 Å². The van der Waals surface area contributed by atoms with E-state index in [1.165, 1.54) is 5.56 Å². The van der Waals surface area contributed by atoms with Crippen molar-refractivity contribution in [3.05, 3.63) is 41.5 Å². The van der Waals surface area contributed by atoms with Crippen LogP contribution < -0.4 is 4.74 Å². The third-order valence-corrected chi connectivity index (χ3v) is 5.19. The molecule has 7 heteroatoms. The van der Waals surface area contributed by atoms with Crippen molar-refractivity contribution in [3.8, 4) is 5.75 Å². The van der Waals surface area contributed by atoms with Crippen molar-refractivity contribution in [1.29, 1.82) is 0 Å². The van der Waals surface area contributed by atoms with Crippen LogP contribution in [0.2, 0.25) is 0 Å². The number of aromatic nitrogens is 3. The van der Waals surface area contributed by atoms with Gasteiger partial charge in [-0.05, 0) is 19.1 Å². The van der Waals surface area contributed by atoms with Crippen molar-refractivity contribution in [3.63, 3.8) is 0 Å². The molecular formula is C14H17N3O3S. The lowest BCUT2D eigenvalue weighted by Crippen LogP contribution is -2.14. The summed E-state index contributed by atoms with van der Waals surface area (Å²) in [6.45, 7) is 2.70. The Kier molecular flexibility index (Phi) is 3.67. The fourth-order valence-electron chi connectivity index (χ4n) is 2.28. The van der Waals surface area contributed by atoms with Crippen LogP contribution in [-0.4, -0.2) is 34.7 Å². The van der Waals surface area contributed by atoms with Gasteiger partial charge >= 0.3 is 0 Å². The van der Waals surface area contributed by atoms with Crippen molar-refractivity contribution >= 4 is 9.84 Å². The number of rotatable bonds is 3. The molecule has 0 unspecified atom stereocenters. The molecule has 0 aliphatic carbocycles. The summed E-state index contributed by atoms with van der Waals surface area (Å²) in [5.74, 6) is 2.43. The van der Waals surface area contributed by atoms with Gasteiger partial charge in [-0.25, -0.2) is 8.42 Å². The van der Waals surface area contributed by atoms with Crippen LogP contribution in [0.1, 0.15) is 17.2 Å². The summed E-state index contributed by atoms with van der Waals surface area (Å²) in [4.78, 5) is 0. The smallest absolute Gasteiger partial charge is 0.171 e. The normalized spacial score (nSPS) is 17.0. The molecule has 0 saturated heterocycles. The Bertz CT molecular complexity index is 735. The maximum atomic E-state index is 11.7. The van der Waals surface area contributed by atoms with E-state index < -0.39 is 9.84 Å². The molecule has 0 radical (unpaired) electrons. The van der Waals surface area contributed by atoms with E-state index in [1.807, 2.05) is 35.8 Å². The summed E-state index contributed by atoms with van der Waals surface area (Å²) < 4.78 is 30.9. The molecule has 0 saturated carbocycles. The second-order valence-corrected chi connectivity index (χ2v) is 7.49. The van der Waals surface area contributed by atoms with E-state index in [9.17, 15) is 8.42 Å². The first kappa shape index (κ1) is 14.1. The average molecular weight is 307 g/mol. The molecule has 3 rings (SSSR count). The van der Waals surface area contributed by atoms with Crippen molar-refractivity contribution < 1.29 is 13.2 Å². The average Bonchev–Trinajstić information content (AvgIpc) is 2.78. The van der Waals surface area contributed by atoms with E-state index in [-0.39, 0.29) is 18.1 Å². The summed E-state index contributed by atoms with van der Waals surface area (Å²) >= 11 is 0. The van der Waals surface area contributed by atoms with E-state index in [2.05, 4.69) is 10.2 Å². The number of fused-ring (bicyclic) bond motifs is 1. The van der Waals surface area contributed by atoms with Crippen LogP contribution in [0, 0.1) is 6.92 Å². The molecular weight excluding hydrogens is 290 g/mol. The molecule has 21 heavy (non-hydrogen) atoms. The largest absolute Gasteiger partial charge is 0.486 e. The summed E-state index contributed by atoms with van der Waals surface area (Å²) in [6.07, 6.45) is 0.417. The van der Waals surface area contributed by atoms with Gasteiger partial charge in [0.05, 0.1) is 11.5 Å². The summed E-state index contributed by atoms with van der Waals surface area (Å²) in [7, 11) is -2.97. The zero-order valence-electron chi connectivity index (χ0n) is 11.8. The SMILES string of the molecule is Cc1ccc(OCc2nnc3n2CCS(=O)(=O)CC3)cc1. The third kappa shape index (κ3) is 3.24.